The number of rotatable bonds is 3. The topological polar surface area (TPSA) is 73.8 Å². The molecular formula is C13H13N2O3+. The lowest BCUT2D eigenvalue weighted by Crippen LogP contribution is -2.40. The Balaban J connectivity index is 2.55. The summed E-state index contributed by atoms with van der Waals surface area (Å²) >= 11 is 0. The van der Waals surface area contributed by atoms with Crippen molar-refractivity contribution in [1.82, 2.24) is 0 Å². The van der Waals surface area contributed by atoms with Gasteiger partial charge in [0.05, 0.1) is 5.39 Å². The fourth-order valence-electron chi connectivity index (χ4n) is 1.83. The van der Waals surface area contributed by atoms with Gasteiger partial charge in [-0.25, -0.2) is 0 Å². The lowest BCUT2D eigenvalue weighted by atomic mass is 10.2. The highest BCUT2D eigenvalue weighted by molar-refractivity contribution is 6.38. The number of para-hydroxylation sites is 1. The van der Waals surface area contributed by atoms with Gasteiger partial charge in [-0.1, -0.05) is 11.2 Å². The van der Waals surface area contributed by atoms with Crippen molar-refractivity contribution in [3.8, 4) is 5.75 Å². The normalized spacial score (nSPS) is 11.7. The molecule has 0 atom stereocenters. The van der Waals surface area contributed by atoms with Crippen molar-refractivity contribution >= 4 is 22.4 Å². The number of Topliss-reactive ketones (excluding diaryl/α,β-unsaturated/α-hetero) is 1. The van der Waals surface area contributed by atoms with Crippen LogP contribution in [0.3, 0.4) is 0 Å². The minimum atomic E-state index is -0.308. The van der Waals surface area contributed by atoms with Crippen molar-refractivity contribution < 1.29 is 19.7 Å². The van der Waals surface area contributed by atoms with Gasteiger partial charge in [-0.05, 0) is 18.2 Å². The Kier molecular flexibility index (Phi) is 3.23. The van der Waals surface area contributed by atoms with Gasteiger partial charge < -0.3 is 10.3 Å². The molecule has 0 aliphatic rings. The van der Waals surface area contributed by atoms with Crippen LogP contribution in [0.2, 0.25) is 0 Å². The molecule has 2 rings (SSSR count). The van der Waals surface area contributed by atoms with E-state index in [2.05, 4.69) is 5.16 Å². The molecule has 5 nitrogen and oxygen atoms in total. The number of aromatic hydroxyl groups is 1. The molecule has 1 heterocycles. The molecule has 0 spiro atoms. The average molecular weight is 245 g/mol. The number of nitrogens with zero attached hydrogens (tertiary/aromatic N) is 2. The van der Waals surface area contributed by atoms with Gasteiger partial charge in [0.1, 0.15) is 0 Å². The summed E-state index contributed by atoms with van der Waals surface area (Å²) in [6.07, 6.45) is 1.72. The Bertz CT molecular complexity index is 630. The number of benzene rings is 1. The highest BCUT2D eigenvalue weighted by Gasteiger charge is 2.18. The van der Waals surface area contributed by atoms with Crippen LogP contribution < -0.4 is 4.57 Å². The zero-order valence-electron chi connectivity index (χ0n) is 9.87. The Labute approximate surface area is 104 Å². The Morgan fingerprint density at radius 2 is 2.06 bits per heavy atom. The molecule has 1 aromatic heterocycles. The Morgan fingerprint density at radius 1 is 1.33 bits per heavy atom. The molecule has 0 aliphatic heterocycles. The van der Waals surface area contributed by atoms with Gasteiger partial charge in [0, 0.05) is 13.0 Å². The van der Waals surface area contributed by atoms with E-state index < -0.39 is 0 Å². The largest absolute Gasteiger partial charge is 0.502 e. The number of phenols is 1. The monoisotopic (exact) mass is 245 g/mol. The first-order valence-electron chi connectivity index (χ1n) is 5.45. The number of oxime groups is 1. The standard InChI is InChI=1S/C13H12N2O3/c1-9(16)11(14-18)8-15-7-3-5-10-4-2-6-12(17)13(10)15/h2-7H,8H2,1H3,(H-,16,17,18)/p+1. The quantitative estimate of drug-likeness (QED) is 0.370. The molecular weight excluding hydrogens is 232 g/mol. The number of ketones is 1. The van der Waals surface area contributed by atoms with Crippen molar-refractivity contribution in [2.45, 2.75) is 13.5 Å². The molecule has 2 N–H and O–H groups in total. The number of fused-ring (bicyclic) bond motifs is 1. The Hall–Kier alpha value is -2.43. The van der Waals surface area contributed by atoms with Gasteiger partial charge in [0.15, 0.2) is 30.0 Å². The molecule has 0 amide bonds. The second-order valence-corrected chi connectivity index (χ2v) is 3.95. The number of phenolic OH excluding ortho intramolecular Hbond substituents is 1. The molecule has 0 unspecified atom stereocenters. The predicted octanol–water partition coefficient (Wildman–Crippen LogP) is 1.25. The second-order valence-electron chi connectivity index (χ2n) is 3.95. The number of carbonyl (C=O) groups is 1. The van der Waals surface area contributed by atoms with Gasteiger partial charge in [-0.3, -0.25) is 4.79 Å². The zero-order valence-corrected chi connectivity index (χ0v) is 9.87. The number of hydrogen-bond donors (Lipinski definition) is 2. The van der Waals surface area contributed by atoms with Gasteiger partial charge in [-0.15, -0.1) is 0 Å². The molecule has 92 valence electrons. The van der Waals surface area contributed by atoms with Crippen molar-refractivity contribution in [1.29, 1.82) is 0 Å². The summed E-state index contributed by atoms with van der Waals surface area (Å²) in [5.74, 6) is -0.189. The van der Waals surface area contributed by atoms with E-state index in [9.17, 15) is 9.90 Å². The average Bonchev–Trinajstić information content (AvgIpc) is 2.35. The molecule has 0 aliphatic carbocycles. The van der Waals surface area contributed by atoms with Gasteiger partial charge in [-0.2, -0.15) is 4.57 Å². The Morgan fingerprint density at radius 3 is 2.72 bits per heavy atom. The maximum Gasteiger partial charge on any atom is 0.255 e. The minimum absolute atomic E-state index is 0.0377. The molecule has 0 fully saturated rings. The lowest BCUT2D eigenvalue weighted by molar-refractivity contribution is -0.655. The third-order valence-electron chi connectivity index (χ3n) is 2.72. The second kappa shape index (κ2) is 4.83. The van der Waals surface area contributed by atoms with Crippen LogP contribution in [0.5, 0.6) is 5.75 Å². The lowest BCUT2D eigenvalue weighted by Gasteiger charge is -2.02. The van der Waals surface area contributed by atoms with Crippen LogP contribution in [0.4, 0.5) is 0 Å². The fourth-order valence-corrected chi connectivity index (χ4v) is 1.83. The van der Waals surface area contributed by atoms with Crippen LogP contribution in [-0.2, 0) is 11.3 Å². The smallest absolute Gasteiger partial charge is 0.255 e. The van der Waals surface area contributed by atoms with Crippen LogP contribution in [0.15, 0.2) is 41.7 Å². The van der Waals surface area contributed by atoms with Crippen molar-refractivity contribution in [3.05, 3.63) is 36.5 Å². The molecule has 0 saturated heterocycles. The molecule has 0 radical (unpaired) electrons. The zero-order chi connectivity index (χ0) is 13.1. The summed E-state index contributed by atoms with van der Waals surface area (Å²) in [7, 11) is 0. The maximum absolute atomic E-state index is 11.2. The third kappa shape index (κ3) is 2.15. The predicted molar refractivity (Wildman–Crippen MR) is 65.7 cm³/mol. The van der Waals surface area contributed by atoms with E-state index in [1.165, 1.54) is 6.92 Å². The number of aromatic nitrogens is 1. The SMILES string of the molecule is CC(=O)C(C[n+]1cccc2cccc(O)c21)=NO. The fraction of sp³-hybridized carbons (Fsp3) is 0.154. The van der Waals surface area contributed by atoms with E-state index >= 15 is 0 Å². The summed E-state index contributed by atoms with van der Waals surface area (Å²) in [6.45, 7) is 1.45. The van der Waals surface area contributed by atoms with E-state index in [-0.39, 0.29) is 23.8 Å². The highest BCUT2D eigenvalue weighted by Crippen LogP contribution is 2.19. The summed E-state index contributed by atoms with van der Waals surface area (Å²) in [5, 5.41) is 22.5. The maximum atomic E-state index is 11.2. The van der Waals surface area contributed by atoms with E-state index in [1.807, 2.05) is 12.1 Å². The van der Waals surface area contributed by atoms with Crippen LogP contribution in [0, 0.1) is 0 Å². The van der Waals surface area contributed by atoms with Crippen molar-refractivity contribution in [2.75, 3.05) is 0 Å². The first kappa shape index (κ1) is 12.0. The van der Waals surface area contributed by atoms with Gasteiger partial charge in [0.2, 0.25) is 0 Å². The third-order valence-corrected chi connectivity index (χ3v) is 2.72. The summed E-state index contributed by atoms with van der Waals surface area (Å²) in [5.41, 5.74) is 0.637. The number of carbonyl (C=O) groups excluding carboxylic acids is 1. The molecule has 0 saturated carbocycles. The molecule has 2 aromatic rings. The molecule has 18 heavy (non-hydrogen) atoms. The first-order chi connectivity index (χ1) is 8.63. The van der Waals surface area contributed by atoms with E-state index in [0.29, 0.717) is 5.52 Å². The molecule has 0 bridgehead atoms. The van der Waals surface area contributed by atoms with Gasteiger partial charge in [0.25, 0.3) is 5.52 Å². The molecule has 5 heteroatoms. The van der Waals surface area contributed by atoms with E-state index in [1.54, 1.807) is 29.0 Å². The van der Waals surface area contributed by atoms with E-state index in [0.717, 1.165) is 5.39 Å². The summed E-state index contributed by atoms with van der Waals surface area (Å²) in [4.78, 5) is 11.2. The first-order valence-corrected chi connectivity index (χ1v) is 5.45. The summed E-state index contributed by atoms with van der Waals surface area (Å²) in [6, 6.07) is 8.83. The highest BCUT2D eigenvalue weighted by atomic mass is 16.4. The van der Waals surface area contributed by atoms with Crippen LogP contribution in [-0.4, -0.2) is 21.8 Å². The molecule has 1 aromatic carbocycles. The van der Waals surface area contributed by atoms with Crippen LogP contribution >= 0.6 is 0 Å². The van der Waals surface area contributed by atoms with Crippen molar-refractivity contribution in [2.24, 2.45) is 5.16 Å². The van der Waals surface area contributed by atoms with Crippen molar-refractivity contribution in [3.63, 3.8) is 0 Å². The number of hydrogen-bond acceptors (Lipinski definition) is 4. The summed E-state index contributed by atoms with van der Waals surface area (Å²) < 4.78 is 1.67. The number of pyridine rings is 1. The van der Waals surface area contributed by atoms with Crippen LogP contribution in [0.1, 0.15) is 6.92 Å². The van der Waals surface area contributed by atoms with Crippen LogP contribution in [0.25, 0.3) is 10.9 Å². The van der Waals surface area contributed by atoms with Gasteiger partial charge >= 0.3 is 0 Å². The minimum Gasteiger partial charge on any atom is -0.502 e. The van der Waals surface area contributed by atoms with E-state index in [4.69, 9.17) is 5.21 Å².